The number of rotatable bonds is 4. The standard InChI is InChI=1S/C9H15N3O3S2/c1-5-7(13)11-9-10-6(2)8(16-9)17(14,15)12(3)4/h5H2,1-4H3,(H,10,11,13). The summed E-state index contributed by atoms with van der Waals surface area (Å²) in [5, 5.41) is 2.86. The monoisotopic (exact) mass is 277 g/mol. The van der Waals surface area contributed by atoms with Gasteiger partial charge in [-0.3, -0.25) is 4.79 Å². The topological polar surface area (TPSA) is 79.4 Å². The molecule has 8 heteroatoms. The highest BCUT2D eigenvalue weighted by Crippen LogP contribution is 2.28. The van der Waals surface area contributed by atoms with Crippen molar-refractivity contribution in [1.82, 2.24) is 9.29 Å². The largest absolute Gasteiger partial charge is 0.302 e. The summed E-state index contributed by atoms with van der Waals surface area (Å²) in [5.74, 6) is -0.187. The zero-order valence-electron chi connectivity index (χ0n) is 10.1. The molecule has 1 rings (SSSR count). The molecular formula is C9H15N3O3S2. The van der Waals surface area contributed by atoms with Gasteiger partial charge in [0.05, 0.1) is 5.69 Å². The number of thiazole rings is 1. The number of carbonyl (C=O) groups excluding carboxylic acids is 1. The van der Waals surface area contributed by atoms with E-state index < -0.39 is 10.0 Å². The zero-order chi connectivity index (χ0) is 13.2. The van der Waals surface area contributed by atoms with Crippen molar-refractivity contribution in [3.05, 3.63) is 5.69 Å². The Balaban J connectivity index is 3.09. The van der Waals surface area contributed by atoms with Crippen molar-refractivity contribution in [2.75, 3.05) is 19.4 Å². The summed E-state index contributed by atoms with van der Waals surface area (Å²) in [6.45, 7) is 3.32. The van der Waals surface area contributed by atoms with E-state index >= 15 is 0 Å². The van der Waals surface area contributed by atoms with Crippen molar-refractivity contribution in [3.8, 4) is 0 Å². The molecule has 0 aromatic carbocycles. The van der Waals surface area contributed by atoms with Crippen LogP contribution in [0.15, 0.2) is 4.21 Å². The lowest BCUT2D eigenvalue weighted by Gasteiger charge is -2.08. The second-order valence-electron chi connectivity index (χ2n) is 3.58. The minimum atomic E-state index is -3.49. The molecule has 0 aliphatic rings. The molecule has 1 heterocycles. The fourth-order valence-electron chi connectivity index (χ4n) is 1.05. The highest BCUT2D eigenvalue weighted by molar-refractivity contribution is 7.91. The van der Waals surface area contributed by atoms with Crippen LogP contribution in [0.1, 0.15) is 19.0 Å². The summed E-state index contributed by atoms with van der Waals surface area (Å²) in [5.41, 5.74) is 0.398. The molecule has 1 amide bonds. The van der Waals surface area contributed by atoms with Gasteiger partial charge in [0.1, 0.15) is 0 Å². The molecular weight excluding hydrogens is 262 g/mol. The van der Waals surface area contributed by atoms with Gasteiger partial charge in [-0.15, -0.1) is 0 Å². The van der Waals surface area contributed by atoms with E-state index in [1.54, 1.807) is 13.8 Å². The molecule has 0 fully saturated rings. The van der Waals surface area contributed by atoms with Gasteiger partial charge < -0.3 is 5.32 Å². The Kier molecular flexibility index (Phi) is 4.23. The van der Waals surface area contributed by atoms with Crippen LogP contribution in [0.3, 0.4) is 0 Å². The fourth-order valence-corrected chi connectivity index (χ4v) is 3.62. The Morgan fingerprint density at radius 3 is 2.53 bits per heavy atom. The number of aryl methyl sites for hydroxylation is 1. The molecule has 0 unspecified atom stereocenters. The summed E-state index contributed by atoms with van der Waals surface area (Å²) >= 11 is 0.966. The van der Waals surface area contributed by atoms with Gasteiger partial charge in [-0.25, -0.2) is 17.7 Å². The molecule has 1 N–H and O–H groups in total. The number of nitrogens with one attached hydrogen (secondary N) is 1. The maximum Gasteiger partial charge on any atom is 0.254 e. The SMILES string of the molecule is CCC(=O)Nc1nc(C)c(S(=O)(=O)N(C)C)s1. The van der Waals surface area contributed by atoms with E-state index in [2.05, 4.69) is 10.3 Å². The van der Waals surface area contributed by atoms with Crippen molar-refractivity contribution in [2.24, 2.45) is 0 Å². The molecule has 0 aliphatic heterocycles. The summed E-state index contributed by atoms with van der Waals surface area (Å²) < 4.78 is 25.1. The maximum atomic E-state index is 11.9. The van der Waals surface area contributed by atoms with Gasteiger partial charge in [-0.2, -0.15) is 0 Å². The van der Waals surface area contributed by atoms with E-state index in [0.29, 0.717) is 17.2 Å². The first-order valence-electron chi connectivity index (χ1n) is 4.98. The normalized spacial score (nSPS) is 11.8. The van der Waals surface area contributed by atoms with E-state index in [4.69, 9.17) is 0 Å². The minimum Gasteiger partial charge on any atom is -0.302 e. The van der Waals surface area contributed by atoms with Gasteiger partial charge in [-0.05, 0) is 6.92 Å². The van der Waals surface area contributed by atoms with E-state index in [1.807, 2.05) is 0 Å². The predicted molar refractivity (Wildman–Crippen MR) is 66.6 cm³/mol. The van der Waals surface area contributed by atoms with Crippen molar-refractivity contribution in [3.63, 3.8) is 0 Å². The summed E-state index contributed by atoms with van der Waals surface area (Å²) in [4.78, 5) is 15.2. The van der Waals surface area contributed by atoms with Crippen molar-refractivity contribution >= 4 is 32.4 Å². The molecule has 6 nitrogen and oxygen atoms in total. The first-order chi connectivity index (χ1) is 7.78. The molecule has 0 saturated carbocycles. The third-order valence-corrected chi connectivity index (χ3v) is 5.51. The Hall–Kier alpha value is -0.990. The molecule has 96 valence electrons. The molecule has 1 aromatic rings. The van der Waals surface area contributed by atoms with Crippen molar-refractivity contribution in [1.29, 1.82) is 0 Å². The average molecular weight is 277 g/mol. The Bertz CT molecular complexity index is 520. The lowest BCUT2D eigenvalue weighted by Crippen LogP contribution is -2.21. The number of sulfonamides is 1. The van der Waals surface area contributed by atoms with E-state index in [9.17, 15) is 13.2 Å². The molecule has 1 aromatic heterocycles. The Morgan fingerprint density at radius 1 is 1.47 bits per heavy atom. The van der Waals surface area contributed by atoms with E-state index in [1.165, 1.54) is 14.1 Å². The smallest absolute Gasteiger partial charge is 0.254 e. The second-order valence-corrected chi connectivity index (χ2v) is 6.93. The molecule has 17 heavy (non-hydrogen) atoms. The lowest BCUT2D eigenvalue weighted by molar-refractivity contribution is -0.115. The van der Waals surface area contributed by atoms with Crippen LogP contribution in [0, 0.1) is 6.92 Å². The van der Waals surface area contributed by atoms with Crippen LogP contribution < -0.4 is 5.32 Å². The zero-order valence-corrected chi connectivity index (χ0v) is 11.8. The molecule has 0 aliphatic carbocycles. The van der Waals surface area contributed by atoms with Crippen LogP contribution in [-0.2, 0) is 14.8 Å². The van der Waals surface area contributed by atoms with E-state index in [0.717, 1.165) is 15.6 Å². The van der Waals surface area contributed by atoms with Crippen LogP contribution in [0.2, 0.25) is 0 Å². The van der Waals surface area contributed by atoms with Gasteiger partial charge >= 0.3 is 0 Å². The summed E-state index contributed by atoms with van der Waals surface area (Å²) in [6.07, 6.45) is 0.328. The van der Waals surface area contributed by atoms with Gasteiger partial charge in [-0.1, -0.05) is 18.3 Å². The van der Waals surface area contributed by atoms with Crippen LogP contribution in [-0.4, -0.2) is 37.7 Å². The first-order valence-corrected chi connectivity index (χ1v) is 7.24. The molecule has 0 spiro atoms. The molecule has 0 saturated heterocycles. The van der Waals surface area contributed by atoms with Crippen molar-refractivity contribution in [2.45, 2.75) is 24.5 Å². The van der Waals surface area contributed by atoms with Crippen LogP contribution in [0.4, 0.5) is 5.13 Å². The number of aromatic nitrogens is 1. The van der Waals surface area contributed by atoms with Crippen molar-refractivity contribution < 1.29 is 13.2 Å². The highest BCUT2D eigenvalue weighted by atomic mass is 32.2. The summed E-state index contributed by atoms with van der Waals surface area (Å²) in [6, 6.07) is 0. The van der Waals surface area contributed by atoms with Gasteiger partial charge in [0, 0.05) is 20.5 Å². The molecule has 0 atom stereocenters. The quantitative estimate of drug-likeness (QED) is 0.892. The Labute approximate surface area is 105 Å². The number of nitrogens with zero attached hydrogens (tertiary/aromatic N) is 2. The van der Waals surface area contributed by atoms with Crippen LogP contribution >= 0.6 is 11.3 Å². The first kappa shape index (κ1) is 14.1. The van der Waals surface area contributed by atoms with E-state index in [-0.39, 0.29) is 10.1 Å². The fraction of sp³-hybridized carbons (Fsp3) is 0.556. The number of hydrogen-bond acceptors (Lipinski definition) is 5. The van der Waals surface area contributed by atoms with Gasteiger partial charge in [0.2, 0.25) is 5.91 Å². The van der Waals surface area contributed by atoms with Gasteiger partial charge in [0.15, 0.2) is 9.34 Å². The third kappa shape index (κ3) is 3.02. The molecule has 0 bridgehead atoms. The van der Waals surface area contributed by atoms with Crippen LogP contribution in [0.25, 0.3) is 0 Å². The lowest BCUT2D eigenvalue weighted by atomic mass is 10.5. The Morgan fingerprint density at radius 2 is 2.06 bits per heavy atom. The second kappa shape index (κ2) is 5.11. The summed E-state index contributed by atoms with van der Waals surface area (Å²) in [7, 11) is -0.577. The highest BCUT2D eigenvalue weighted by Gasteiger charge is 2.24. The maximum absolute atomic E-state index is 11.9. The third-order valence-electron chi connectivity index (χ3n) is 2.04. The minimum absolute atomic E-state index is 0.161. The number of hydrogen-bond donors (Lipinski definition) is 1. The van der Waals surface area contributed by atoms with Crippen LogP contribution in [0.5, 0.6) is 0 Å². The number of amides is 1. The average Bonchev–Trinajstić information content (AvgIpc) is 2.59. The number of carbonyl (C=O) groups is 1. The number of anilines is 1. The predicted octanol–water partition coefficient (Wildman–Crippen LogP) is 1.05. The molecule has 0 radical (unpaired) electrons. The van der Waals surface area contributed by atoms with Gasteiger partial charge in [0.25, 0.3) is 10.0 Å².